The summed E-state index contributed by atoms with van der Waals surface area (Å²) in [5.41, 5.74) is 6.50. The first-order valence-corrected chi connectivity index (χ1v) is 14.3. The first-order valence-electron chi connectivity index (χ1n) is 13.2. The second kappa shape index (κ2) is 14.7. The Morgan fingerprint density at radius 1 is 1.08 bits per heavy atom. The number of thioether (sulfide) groups is 1. The molecule has 0 unspecified atom stereocenters. The van der Waals surface area contributed by atoms with E-state index in [2.05, 4.69) is 10.6 Å². The van der Waals surface area contributed by atoms with Gasteiger partial charge in [-0.05, 0) is 41.5 Å². The summed E-state index contributed by atoms with van der Waals surface area (Å²) >= 11 is 1.08. The summed E-state index contributed by atoms with van der Waals surface area (Å²) in [6.45, 7) is 4.31. The number of nitrogens with zero attached hydrogens (tertiary/aromatic N) is 1. The number of ether oxygens (including phenoxy) is 1. The summed E-state index contributed by atoms with van der Waals surface area (Å²) < 4.78 is 5.16. The molecule has 0 bridgehead atoms. The zero-order chi connectivity index (χ0) is 28.4. The van der Waals surface area contributed by atoms with Crippen LogP contribution in [-0.4, -0.2) is 76.8 Å². The number of benzene rings is 2. The van der Waals surface area contributed by atoms with Crippen LogP contribution < -0.4 is 16.4 Å². The van der Waals surface area contributed by atoms with Crippen molar-refractivity contribution in [1.29, 1.82) is 0 Å². The Morgan fingerprint density at radius 2 is 1.82 bits per heavy atom. The number of hydrogen-bond donors (Lipinski definition) is 4. The average Bonchev–Trinajstić information content (AvgIpc) is 2.93. The van der Waals surface area contributed by atoms with Crippen LogP contribution >= 0.6 is 11.8 Å². The topological polar surface area (TPSA) is 151 Å². The maximum absolute atomic E-state index is 13.5. The molecular weight excluding hydrogens is 520 g/mol. The second-order valence-electron chi connectivity index (χ2n) is 10.1. The molecule has 0 radical (unpaired) electrons. The van der Waals surface area contributed by atoms with Crippen LogP contribution in [0.3, 0.4) is 0 Å². The van der Waals surface area contributed by atoms with Gasteiger partial charge in [0.25, 0.3) is 0 Å². The molecule has 2 aromatic rings. The van der Waals surface area contributed by atoms with Gasteiger partial charge in [-0.15, -0.1) is 11.8 Å². The fraction of sp³-hybridized carbons (Fsp3) is 0.500. The van der Waals surface area contributed by atoms with Crippen molar-refractivity contribution in [2.24, 2.45) is 11.7 Å². The maximum Gasteiger partial charge on any atom is 0.407 e. The minimum Gasteiger partial charge on any atom is -0.449 e. The number of aliphatic hydroxyl groups is 1. The van der Waals surface area contributed by atoms with Gasteiger partial charge < -0.3 is 31.1 Å². The Bertz CT molecular complexity index is 1160. The molecular formula is C28H38N4O6S. The van der Waals surface area contributed by atoms with E-state index in [-0.39, 0.29) is 30.6 Å². The number of primary amides is 1. The van der Waals surface area contributed by atoms with Crippen molar-refractivity contribution in [3.63, 3.8) is 0 Å². The second-order valence-corrected chi connectivity index (χ2v) is 11.1. The van der Waals surface area contributed by atoms with E-state index >= 15 is 0 Å². The molecule has 212 valence electrons. The Kier molecular flexibility index (Phi) is 11.4. The third-order valence-electron chi connectivity index (χ3n) is 6.52. The zero-order valence-electron chi connectivity index (χ0n) is 22.4. The summed E-state index contributed by atoms with van der Waals surface area (Å²) in [6.07, 6.45) is 1.32. The van der Waals surface area contributed by atoms with E-state index in [0.29, 0.717) is 19.4 Å². The van der Waals surface area contributed by atoms with Crippen LogP contribution in [-0.2, 0) is 25.5 Å². The van der Waals surface area contributed by atoms with E-state index in [0.717, 1.165) is 34.5 Å². The number of fused-ring (bicyclic) bond motifs is 1. The van der Waals surface area contributed by atoms with Crippen molar-refractivity contribution >= 4 is 46.3 Å². The number of amides is 4. The largest absolute Gasteiger partial charge is 0.449 e. The summed E-state index contributed by atoms with van der Waals surface area (Å²) in [5, 5.41) is 16.7. The van der Waals surface area contributed by atoms with Gasteiger partial charge in [0, 0.05) is 18.7 Å². The van der Waals surface area contributed by atoms with Gasteiger partial charge in [-0.3, -0.25) is 14.4 Å². The van der Waals surface area contributed by atoms with Gasteiger partial charge in [0.05, 0.1) is 12.5 Å². The molecule has 1 aliphatic rings. The maximum atomic E-state index is 13.5. The summed E-state index contributed by atoms with van der Waals surface area (Å²) in [4.78, 5) is 52.9. The van der Waals surface area contributed by atoms with Crippen molar-refractivity contribution < 1.29 is 29.0 Å². The molecule has 1 aliphatic heterocycles. The van der Waals surface area contributed by atoms with E-state index in [4.69, 9.17) is 10.5 Å². The molecule has 1 heterocycles. The number of nitrogens with one attached hydrogen (secondary N) is 2. The normalized spacial score (nSPS) is 16.9. The minimum atomic E-state index is -0.986. The van der Waals surface area contributed by atoms with Crippen molar-refractivity contribution in [2.45, 2.75) is 57.7 Å². The van der Waals surface area contributed by atoms with Crippen molar-refractivity contribution in [1.82, 2.24) is 15.5 Å². The van der Waals surface area contributed by atoms with Crippen LogP contribution in [0.25, 0.3) is 10.8 Å². The predicted octanol–water partition coefficient (Wildman–Crippen LogP) is 2.17. The van der Waals surface area contributed by atoms with Crippen molar-refractivity contribution in [3.8, 4) is 0 Å². The van der Waals surface area contributed by atoms with E-state index in [1.807, 2.05) is 56.3 Å². The first-order chi connectivity index (χ1) is 18.7. The molecule has 11 heteroatoms. The van der Waals surface area contributed by atoms with Gasteiger partial charge in [-0.25, -0.2) is 4.79 Å². The van der Waals surface area contributed by atoms with E-state index in [9.17, 15) is 24.3 Å². The lowest BCUT2D eigenvalue weighted by atomic mass is 9.98. The third-order valence-corrected chi connectivity index (χ3v) is 7.27. The van der Waals surface area contributed by atoms with Crippen molar-refractivity contribution in [3.05, 3.63) is 48.0 Å². The molecule has 5 N–H and O–H groups in total. The standard InChI is InChI=1S/C28H38N4O6S/c1-18(2)15-38-28(37)31-23(16-39-17-33)27(36)32-12-6-5-9-24(32)26(35)30-22(25(29)34)14-19-10-11-20-7-3-4-8-21(20)13-19/h3-4,7-8,10-11,13,18,22-24,33H,5-6,9,12,14-17H2,1-2H3,(H2,29,34)(H,30,35)(H,31,37)/t22-,23-,24-/m0/s1. The monoisotopic (exact) mass is 558 g/mol. The number of nitrogens with two attached hydrogens (primary N) is 1. The Hall–Kier alpha value is -3.31. The molecule has 0 saturated carbocycles. The highest BCUT2D eigenvalue weighted by Gasteiger charge is 2.37. The molecule has 10 nitrogen and oxygen atoms in total. The minimum absolute atomic E-state index is 0.114. The molecule has 0 aliphatic carbocycles. The molecule has 3 atom stereocenters. The number of carbonyl (C=O) groups excluding carboxylic acids is 4. The predicted molar refractivity (Wildman–Crippen MR) is 151 cm³/mol. The van der Waals surface area contributed by atoms with E-state index in [1.54, 1.807) is 0 Å². The van der Waals surface area contributed by atoms with Gasteiger partial charge >= 0.3 is 6.09 Å². The van der Waals surface area contributed by atoms with Gasteiger partial charge in [0.2, 0.25) is 17.7 Å². The Labute approximate surface area is 233 Å². The summed E-state index contributed by atoms with van der Waals surface area (Å²) in [6, 6.07) is 10.9. The summed E-state index contributed by atoms with van der Waals surface area (Å²) in [5.74, 6) is -1.57. The van der Waals surface area contributed by atoms with E-state index < -0.39 is 41.9 Å². The number of piperidine rings is 1. The number of likely N-dealkylation sites (tertiary alicyclic amines) is 1. The number of rotatable bonds is 12. The quantitative estimate of drug-likeness (QED) is 0.292. The van der Waals surface area contributed by atoms with Crippen LogP contribution in [0.1, 0.15) is 38.7 Å². The Balaban J connectivity index is 1.71. The zero-order valence-corrected chi connectivity index (χ0v) is 23.2. The molecule has 4 amide bonds. The third kappa shape index (κ3) is 8.86. The SMILES string of the molecule is CC(C)COC(=O)N[C@@H](CSCO)C(=O)N1CCCC[C@H]1C(=O)N[C@@H](Cc1ccc2ccccc2c1)C(N)=O. The Morgan fingerprint density at radius 3 is 2.51 bits per heavy atom. The molecule has 0 aromatic heterocycles. The number of aliphatic hydroxyl groups excluding tert-OH is 1. The number of hydrogen-bond acceptors (Lipinski definition) is 7. The van der Waals surface area contributed by atoms with Gasteiger partial charge in [-0.1, -0.05) is 56.3 Å². The average molecular weight is 559 g/mol. The van der Waals surface area contributed by atoms with Crippen LogP contribution in [0.2, 0.25) is 0 Å². The van der Waals surface area contributed by atoms with Crippen LogP contribution in [0, 0.1) is 5.92 Å². The molecule has 39 heavy (non-hydrogen) atoms. The number of alkyl carbamates (subject to hydrolysis) is 1. The molecule has 3 rings (SSSR count). The molecule has 2 aromatic carbocycles. The number of carbonyl (C=O) groups is 4. The van der Waals surface area contributed by atoms with Crippen LogP contribution in [0.4, 0.5) is 4.79 Å². The fourth-order valence-corrected chi connectivity index (χ4v) is 5.10. The van der Waals surface area contributed by atoms with Crippen LogP contribution in [0.15, 0.2) is 42.5 Å². The van der Waals surface area contributed by atoms with Gasteiger partial charge in [0.1, 0.15) is 18.1 Å². The molecule has 0 spiro atoms. The molecule has 1 fully saturated rings. The lowest BCUT2D eigenvalue weighted by Gasteiger charge is -2.37. The van der Waals surface area contributed by atoms with Gasteiger partial charge in [0.15, 0.2) is 0 Å². The van der Waals surface area contributed by atoms with Crippen LogP contribution in [0.5, 0.6) is 0 Å². The summed E-state index contributed by atoms with van der Waals surface area (Å²) in [7, 11) is 0. The van der Waals surface area contributed by atoms with E-state index in [1.165, 1.54) is 4.90 Å². The van der Waals surface area contributed by atoms with Crippen molar-refractivity contribution in [2.75, 3.05) is 24.8 Å². The highest BCUT2D eigenvalue weighted by molar-refractivity contribution is 7.99. The highest BCUT2D eigenvalue weighted by Crippen LogP contribution is 2.21. The first kappa shape index (κ1) is 30.2. The smallest absolute Gasteiger partial charge is 0.407 e. The fourth-order valence-electron chi connectivity index (χ4n) is 4.53. The highest BCUT2D eigenvalue weighted by atomic mass is 32.2. The lowest BCUT2D eigenvalue weighted by molar-refractivity contribution is -0.144. The molecule has 1 saturated heterocycles. The lowest BCUT2D eigenvalue weighted by Crippen LogP contribution is -2.60. The van der Waals surface area contributed by atoms with Gasteiger partial charge in [-0.2, -0.15) is 0 Å².